The quantitative estimate of drug-likeness (QED) is 0.463. The van der Waals surface area contributed by atoms with Crippen LogP contribution in [0.5, 0.6) is 5.75 Å². The van der Waals surface area contributed by atoms with Gasteiger partial charge in [-0.3, -0.25) is 9.79 Å². The van der Waals surface area contributed by atoms with Crippen LogP contribution in [0.15, 0.2) is 51.1 Å². The van der Waals surface area contributed by atoms with Crippen LogP contribution in [0, 0.1) is 11.3 Å². The lowest BCUT2D eigenvalue weighted by molar-refractivity contribution is -0.131. The summed E-state index contributed by atoms with van der Waals surface area (Å²) in [5, 5.41) is 10.6. The Morgan fingerprint density at radius 2 is 2.22 bits per heavy atom. The molecule has 170 valence electrons. The Bertz CT molecular complexity index is 1030. The van der Waals surface area contributed by atoms with Crippen LogP contribution in [0.4, 0.5) is 0 Å². The maximum Gasteiger partial charge on any atom is 0.237 e. The SMILES string of the molecule is CCCOc1ccc([S+](C)[O-])cc1C1=CN(C)C(=O)C2C=NC(/C(C=N)=C/NC)=NC12C. The van der Waals surface area contributed by atoms with E-state index >= 15 is 0 Å². The van der Waals surface area contributed by atoms with Gasteiger partial charge in [0, 0.05) is 56.1 Å². The highest BCUT2D eigenvalue weighted by molar-refractivity contribution is 7.90. The smallest absolute Gasteiger partial charge is 0.237 e. The van der Waals surface area contributed by atoms with E-state index in [-0.39, 0.29) is 5.91 Å². The lowest BCUT2D eigenvalue weighted by atomic mass is 9.74. The molecule has 3 atom stereocenters. The number of ether oxygens (including phenoxy) is 1. The normalized spacial score (nSPS) is 23.8. The highest BCUT2D eigenvalue weighted by Gasteiger charge is 2.49. The van der Waals surface area contributed by atoms with Gasteiger partial charge in [0.15, 0.2) is 10.7 Å². The first-order chi connectivity index (χ1) is 15.3. The van der Waals surface area contributed by atoms with E-state index in [1.165, 1.54) is 11.1 Å². The number of nitrogens with one attached hydrogen (secondary N) is 2. The van der Waals surface area contributed by atoms with Crippen LogP contribution in [0.2, 0.25) is 0 Å². The Morgan fingerprint density at radius 3 is 2.84 bits per heavy atom. The molecule has 32 heavy (non-hydrogen) atoms. The number of carbonyl (C=O) groups excluding carboxylic acids is 1. The maximum absolute atomic E-state index is 13.0. The van der Waals surface area contributed by atoms with Crippen molar-refractivity contribution in [3.8, 4) is 5.75 Å². The van der Waals surface area contributed by atoms with Crippen LogP contribution >= 0.6 is 0 Å². The van der Waals surface area contributed by atoms with Crippen LogP contribution in [0.25, 0.3) is 5.57 Å². The Kier molecular flexibility index (Phi) is 7.20. The average molecular weight is 456 g/mol. The molecule has 2 N–H and O–H groups in total. The van der Waals surface area contributed by atoms with Crippen molar-refractivity contribution in [1.82, 2.24) is 10.2 Å². The fraction of sp³-hybridized carbons (Fsp3) is 0.391. The summed E-state index contributed by atoms with van der Waals surface area (Å²) < 4.78 is 18.2. The van der Waals surface area contributed by atoms with Crippen LogP contribution in [0.1, 0.15) is 25.8 Å². The lowest BCUT2D eigenvalue weighted by Crippen LogP contribution is -2.51. The zero-order valence-corrected chi connectivity index (χ0v) is 19.8. The Morgan fingerprint density at radius 1 is 1.47 bits per heavy atom. The molecule has 1 aromatic rings. The Labute approximate surface area is 191 Å². The number of aliphatic imine (C=N–C) groups is 2. The lowest BCUT2D eigenvalue weighted by Gasteiger charge is -2.42. The zero-order chi connectivity index (χ0) is 23.5. The molecule has 0 saturated carbocycles. The molecule has 2 heterocycles. The van der Waals surface area contributed by atoms with Gasteiger partial charge < -0.3 is 24.9 Å². The molecule has 0 saturated heterocycles. The van der Waals surface area contributed by atoms with Gasteiger partial charge in [0.05, 0.1) is 12.2 Å². The topological polar surface area (TPSA) is 113 Å². The van der Waals surface area contributed by atoms with Gasteiger partial charge in [-0.25, -0.2) is 4.99 Å². The number of fused-ring (bicyclic) bond motifs is 1. The van der Waals surface area contributed by atoms with Gasteiger partial charge >= 0.3 is 0 Å². The Balaban J connectivity index is 2.24. The summed E-state index contributed by atoms with van der Waals surface area (Å²) >= 11 is -1.19. The van der Waals surface area contributed by atoms with E-state index in [9.17, 15) is 9.35 Å². The molecule has 2 aliphatic rings. The molecule has 1 aromatic carbocycles. The minimum Gasteiger partial charge on any atom is -0.612 e. The van der Waals surface area contributed by atoms with E-state index in [0.717, 1.165) is 17.6 Å². The number of rotatable bonds is 8. The third-order valence-electron chi connectivity index (χ3n) is 5.52. The number of hydrogen-bond donors (Lipinski definition) is 2. The van der Waals surface area contributed by atoms with Gasteiger partial charge in [-0.1, -0.05) is 6.92 Å². The molecule has 0 fully saturated rings. The first kappa shape index (κ1) is 23.7. The molecule has 3 unspecified atom stereocenters. The highest BCUT2D eigenvalue weighted by atomic mass is 32.2. The second-order valence-corrected chi connectivity index (χ2v) is 9.20. The number of amidine groups is 1. The third kappa shape index (κ3) is 4.35. The first-order valence-corrected chi connectivity index (χ1v) is 11.9. The van der Waals surface area contributed by atoms with Gasteiger partial charge in [0.1, 0.15) is 23.5 Å². The van der Waals surface area contributed by atoms with E-state index in [1.807, 2.05) is 26.0 Å². The van der Waals surface area contributed by atoms with E-state index in [4.69, 9.17) is 15.1 Å². The van der Waals surface area contributed by atoms with Gasteiger partial charge in [-0.05, 0) is 36.7 Å². The van der Waals surface area contributed by atoms with E-state index < -0.39 is 22.6 Å². The van der Waals surface area contributed by atoms with E-state index in [2.05, 4.69) is 10.3 Å². The van der Waals surface area contributed by atoms with E-state index in [1.54, 1.807) is 45.0 Å². The number of amides is 1. The average Bonchev–Trinajstić information content (AvgIpc) is 2.78. The molecule has 1 amide bonds. The van der Waals surface area contributed by atoms with Crippen molar-refractivity contribution in [3.05, 3.63) is 41.7 Å². The highest BCUT2D eigenvalue weighted by Crippen LogP contribution is 2.45. The molecule has 0 bridgehead atoms. The van der Waals surface area contributed by atoms with Crippen molar-refractivity contribution in [2.45, 2.75) is 30.7 Å². The van der Waals surface area contributed by atoms with Crippen molar-refractivity contribution in [3.63, 3.8) is 0 Å². The van der Waals surface area contributed by atoms with Crippen LogP contribution in [-0.4, -0.2) is 66.1 Å². The molecule has 9 heteroatoms. The van der Waals surface area contributed by atoms with Crippen molar-refractivity contribution in [1.29, 1.82) is 5.41 Å². The zero-order valence-electron chi connectivity index (χ0n) is 19.0. The summed E-state index contributed by atoms with van der Waals surface area (Å²) in [6.45, 7) is 4.45. The monoisotopic (exact) mass is 455 g/mol. The third-order valence-corrected chi connectivity index (χ3v) is 6.44. The fourth-order valence-electron chi connectivity index (χ4n) is 3.79. The predicted octanol–water partition coefficient (Wildman–Crippen LogP) is 2.64. The number of nitrogens with zero attached hydrogens (tertiary/aromatic N) is 3. The summed E-state index contributed by atoms with van der Waals surface area (Å²) in [6.07, 6.45) is 8.65. The van der Waals surface area contributed by atoms with Gasteiger partial charge in [-0.15, -0.1) is 0 Å². The predicted molar refractivity (Wildman–Crippen MR) is 129 cm³/mol. The van der Waals surface area contributed by atoms with Crippen molar-refractivity contribution in [2.75, 3.05) is 27.0 Å². The summed E-state index contributed by atoms with van der Waals surface area (Å²) in [7, 11) is 3.44. The Hall–Kier alpha value is -2.91. The summed E-state index contributed by atoms with van der Waals surface area (Å²) in [6, 6.07) is 5.46. The van der Waals surface area contributed by atoms with Crippen molar-refractivity contribution in [2.24, 2.45) is 15.9 Å². The molecule has 8 nitrogen and oxygen atoms in total. The van der Waals surface area contributed by atoms with Crippen LogP contribution in [-0.2, 0) is 16.0 Å². The second kappa shape index (κ2) is 9.70. The number of hydrogen-bond acceptors (Lipinski definition) is 7. The largest absolute Gasteiger partial charge is 0.612 e. The second-order valence-electron chi connectivity index (χ2n) is 7.82. The molecule has 2 aliphatic heterocycles. The van der Waals surface area contributed by atoms with Gasteiger partial charge in [0.2, 0.25) is 5.91 Å². The van der Waals surface area contributed by atoms with E-state index in [0.29, 0.717) is 28.7 Å². The number of carbonyl (C=O) groups is 1. The van der Waals surface area contributed by atoms with Gasteiger partial charge in [-0.2, -0.15) is 0 Å². The molecule has 0 spiro atoms. The van der Waals surface area contributed by atoms with Crippen molar-refractivity contribution >= 4 is 40.9 Å². The van der Waals surface area contributed by atoms with Gasteiger partial charge in [0.25, 0.3) is 0 Å². The minimum absolute atomic E-state index is 0.122. The molecular weight excluding hydrogens is 426 g/mol. The van der Waals surface area contributed by atoms with Crippen LogP contribution in [0.3, 0.4) is 0 Å². The summed E-state index contributed by atoms with van der Waals surface area (Å²) in [4.78, 5) is 24.5. The molecule has 0 radical (unpaired) electrons. The molecule has 0 aromatic heterocycles. The molecular formula is C23H29N5O3S. The van der Waals surface area contributed by atoms with Crippen molar-refractivity contribution < 1.29 is 14.1 Å². The molecule has 0 aliphatic carbocycles. The number of benzene rings is 1. The van der Waals surface area contributed by atoms with Crippen LogP contribution < -0.4 is 10.1 Å². The maximum atomic E-state index is 13.0. The summed E-state index contributed by atoms with van der Waals surface area (Å²) in [5.41, 5.74) is 1.03. The molecule has 3 rings (SSSR count). The minimum atomic E-state index is -1.19. The first-order valence-electron chi connectivity index (χ1n) is 10.4. The standard InChI is InChI=1S/C23H29N5O3S/c1-6-9-31-20-8-7-16(32(5)30)10-17(20)19-14-28(4)22(29)18-13-26-21(27-23(18,19)2)15(11-24)12-25-3/h7-8,10-14,18,24-25H,6,9H2,1-5H3/b15-12+,24-11?. The fourth-order valence-corrected chi connectivity index (χ4v) is 4.34. The summed E-state index contributed by atoms with van der Waals surface area (Å²) in [5.74, 6) is 0.269.